The summed E-state index contributed by atoms with van der Waals surface area (Å²) in [4.78, 5) is 12.4. The lowest BCUT2D eigenvalue weighted by molar-refractivity contribution is 0.0908. The van der Waals surface area contributed by atoms with Crippen LogP contribution < -0.4 is 11.1 Å². The summed E-state index contributed by atoms with van der Waals surface area (Å²) in [5.41, 5.74) is 7.89. The molecule has 3 nitrogen and oxygen atoms in total. The van der Waals surface area contributed by atoms with Crippen LogP contribution in [0.5, 0.6) is 0 Å². The SMILES string of the molecule is Cc1ccc(C#CCN)cc1C(=O)NC(C)C1CCC1. The van der Waals surface area contributed by atoms with E-state index in [2.05, 4.69) is 24.1 Å². The average molecular weight is 270 g/mol. The Bertz CT molecular complexity index is 550. The second-order valence-corrected chi connectivity index (χ2v) is 5.49. The van der Waals surface area contributed by atoms with Gasteiger partial charge in [0.15, 0.2) is 0 Å². The van der Waals surface area contributed by atoms with Gasteiger partial charge in [0.05, 0.1) is 6.54 Å². The quantitative estimate of drug-likeness (QED) is 0.828. The Balaban J connectivity index is 2.11. The number of nitrogens with one attached hydrogen (secondary N) is 1. The van der Waals surface area contributed by atoms with E-state index in [0.717, 1.165) is 11.1 Å². The molecule has 3 N–H and O–H groups in total. The van der Waals surface area contributed by atoms with E-state index in [-0.39, 0.29) is 11.9 Å². The molecular formula is C17H22N2O. The minimum atomic E-state index is -0.00158. The molecule has 0 saturated heterocycles. The molecule has 1 fully saturated rings. The van der Waals surface area contributed by atoms with Gasteiger partial charge in [0, 0.05) is 17.2 Å². The number of hydrogen-bond acceptors (Lipinski definition) is 2. The molecule has 0 heterocycles. The second kappa shape index (κ2) is 6.58. The van der Waals surface area contributed by atoms with Gasteiger partial charge in [0.25, 0.3) is 5.91 Å². The van der Waals surface area contributed by atoms with Crippen LogP contribution in [-0.2, 0) is 0 Å². The summed E-state index contributed by atoms with van der Waals surface area (Å²) in [6.45, 7) is 4.37. The molecule has 106 valence electrons. The molecule has 1 aromatic carbocycles. The topological polar surface area (TPSA) is 55.1 Å². The Hall–Kier alpha value is -1.79. The fourth-order valence-corrected chi connectivity index (χ4v) is 2.44. The van der Waals surface area contributed by atoms with E-state index in [1.807, 2.05) is 25.1 Å². The summed E-state index contributed by atoms with van der Waals surface area (Å²) >= 11 is 0. The molecule has 0 spiro atoms. The van der Waals surface area contributed by atoms with Gasteiger partial charge in [0.2, 0.25) is 0 Å². The molecule has 0 aromatic heterocycles. The number of nitrogens with two attached hydrogens (primary N) is 1. The van der Waals surface area contributed by atoms with Crippen molar-refractivity contribution in [2.45, 2.75) is 39.2 Å². The number of carbonyl (C=O) groups is 1. The van der Waals surface area contributed by atoms with Gasteiger partial charge in [0.1, 0.15) is 0 Å². The molecule has 1 amide bonds. The first kappa shape index (κ1) is 14.6. The maximum Gasteiger partial charge on any atom is 0.251 e. The maximum absolute atomic E-state index is 12.4. The van der Waals surface area contributed by atoms with Gasteiger partial charge < -0.3 is 11.1 Å². The van der Waals surface area contributed by atoms with Gasteiger partial charge in [-0.2, -0.15) is 0 Å². The van der Waals surface area contributed by atoms with E-state index in [1.165, 1.54) is 19.3 Å². The van der Waals surface area contributed by atoms with Crippen LogP contribution in [0.1, 0.15) is 47.7 Å². The predicted molar refractivity (Wildman–Crippen MR) is 81.4 cm³/mol. The third-order valence-corrected chi connectivity index (χ3v) is 4.03. The van der Waals surface area contributed by atoms with E-state index >= 15 is 0 Å². The van der Waals surface area contributed by atoms with E-state index in [4.69, 9.17) is 5.73 Å². The molecule has 2 rings (SSSR count). The Kier molecular flexibility index (Phi) is 4.81. The van der Waals surface area contributed by atoms with E-state index in [1.54, 1.807) is 0 Å². The number of benzene rings is 1. The summed E-state index contributed by atoms with van der Waals surface area (Å²) in [5.74, 6) is 6.42. The van der Waals surface area contributed by atoms with Crippen molar-refractivity contribution in [2.75, 3.05) is 6.54 Å². The van der Waals surface area contributed by atoms with Gasteiger partial charge in [-0.05, 0) is 50.3 Å². The zero-order valence-corrected chi connectivity index (χ0v) is 12.2. The van der Waals surface area contributed by atoms with E-state index in [0.29, 0.717) is 18.0 Å². The van der Waals surface area contributed by atoms with Crippen LogP contribution in [0.15, 0.2) is 18.2 Å². The normalized spacial score (nSPS) is 15.8. The van der Waals surface area contributed by atoms with Crippen molar-refractivity contribution in [2.24, 2.45) is 11.7 Å². The Morgan fingerprint density at radius 2 is 2.25 bits per heavy atom. The lowest BCUT2D eigenvalue weighted by Crippen LogP contribution is -2.40. The molecule has 1 aliphatic rings. The minimum Gasteiger partial charge on any atom is -0.349 e. The maximum atomic E-state index is 12.4. The highest BCUT2D eigenvalue weighted by molar-refractivity contribution is 5.96. The van der Waals surface area contributed by atoms with E-state index in [9.17, 15) is 4.79 Å². The molecule has 0 aliphatic heterocycles. The number of aryl methyl sites for hydroxylation is 1. The molecule has 0 radical (unpaired) electrons. The predicted octanol–water partition coefficient (Wildman–Crippen LogP) is 2.22. The smallest absolute Gasteiger partial charge is 0.251 e. The zero-order valence-electron chi connectivity index (χ0n) is 12.2. The second-order valence-electron chi connectivity index (χ2n) is 5.49. The largest absolute Gasteiger partial charge is 0.349 e. The van der Waals surface area contributed by atoms with Crippen molar-refractivity contribution in [3.05, 3.63) is 34.9 Å². The molecular weight excluding hydrogens is 248 g/mol. The molecule has 1 aliphatic carbocycles. The molecule has 1 saturated carbocycles. The van der Waals surface area contributed by atoms with Crippen molar-refractivity contribution in [1.82, 2.24) is 5.32 Å². The fourth-order valence-electron chi connectivity index (χ4n) is 2.44. The lowest BCUT2D eigenvalue weighted by atomic mass is 9.80. The van der Waals surface area contributed by atoms with Crippen molar-refractivity contribution >= 4 is 5.91 Å². The van der Waals surface area contributed by atoms with Gasteiger partial charge in [-0.15, -0.1) is 0 Å². The van der Waals surface area contributed by atoms with Crippen molar-refractivity contribution in [3.8, 4) is 11.8 Å². The van der Waals surface area contributed by atoms with Crippen LogP contribution in [0.2, 0.25) is 0 Å². The summed E-state index contributed by atoms with van der Waals surface area (Å²) < 4.78 is 0. The van der Waals surface area contributed by atoms with Crippen molar-refractivity contribution in [1.29, 1.82) is 0 Å². The van der Waals surface area contributed by atoms with Gasteiger partial charge >= 0.3 is 0 Å². The Labute approximate surface area is 120 Å². The molecule has 0 bridgehead atoms. The summed E-state index contributed by atoms with van der Waals surface area (Å²) in [6, 6.07) is 5.95. The third-order valence-electron chi connectivity index (χ3n) is 4.03. The molecule has 1 atom stereocenters. The highest BCUT2D eigenvalue weighted by Crippen LogP contribution is 2.29. The fraction of sp³-hybridized carbons (Fsp3) is 0.471. The third kappa shape index (κ3) is 3.40. The Morgan fingerprint density at radius 1 is 1.50 bits per heavy atom. The first-order chi connectivity index (χ1) is 9.61. The highest BCUT2D eigenvalue weighted by atomic mass is 16.1. The summed E-state index contributed by atoms with van der Waals surface area (Å²) in [6.07, 6.45) is 3.74. The lowest BCUT2D eigenvalue weighted by Gasteiger charge is -2.32. The number of rotatable bonds is 3. The first-order valence-electron chi connectivity index (χ1n) is 7.22. The zero-order chi connectivity index (χ0) is 14.5. The average Bonchev–Trinajstić information content (AvgIpc) is 2.35. The number of hydrogen-bond donors (Lipinski definition) is 2. The summed E-state index contributed by atoms with van der Waals surface area (Å²) in [5, 5.41) is 3.11. The molecule has 1 aromatic rings. The minimum absolute atomic E-state index is 0.00158. The monoisotopic (exact) mass is 270 g/mol. The summed E-state index contributed by atoms with van der Waals surface area (Å²) in [7, 11) is 0. The highest BCUT2D eigenvalue weighted by Gasteiger charge is 2.25. The van der Waals surface area contributed by atoms with Gasteiger partial charge in [-0.25, -0.2) is 0 Å². The number of amides is 1. The van der Waals surface area contributed by atoms with E-state index < -0.39 is 0 Å². The molecule has 1 unspecified atom stereocenters. The first-order valence-corrected chi connectivity index (χ1v) is 7.22. The molecule has 3 heteroatoms. The molecule has 20 heavy (non-hydrogen) atoms. The Morgan fingerprint density at radius 3 is 2.85 bits per heavy atom. The van der Waals surface area contributed by atoms with Crippen LogP contribution in [0.3, 0.4) is 0 Å². The van der Waals surface area contributed by atoms with Crippen LogP contribution in [0, 0.1) is 24.7 Å². The van der Waals surface area contributed by atoms with Gasteiger partial charge in [-0.3, -0.25) is 4.79 Å². The number of carbonyl (C=O) groups excluding carboxylic acids is 1. The van der Waals surface area contributed by atoms with Crippen molar-refractivity contribution in [3.63, 3.8) is 0 Å². The van der Waals surface area contributed by atoms with Crippen LogP contribution in [0.25, 0.3) is 0 Å². The van der Waals surface area contributed by atoms with Crippen LogP contribution in [-0.4, -0.2) is 18.5 Å². The standard InChI is InChI=1S/C17H22N2O/c1-12-8-9-14(5-4-10-18)11-16(12)17(20)19-13(2)15-6-3-7-15/h8-9,11,13,15H,3,6-7,10,18H2,1-2H3,(H,19,20). The van der Waals surface area contributed by atoms with Gasteiger partial charge in [-0.1, -0.05) is 24.3 Å². The van der Waals surface area contributed by atoms with Crippen LogP contribution >= 0.6 is 0 Å². The van der Waals surface area contributed by atoms with Crippen LogP contribution in [0.4, 0.5) is 0 Å². The van der Waals surface area contributed by atoms with Crippen molar-refractivity contribution < 1.29 is 4.79 Å².